The Labute approximate surface area is 201 Å². The van der Waals surface area contributed by atoms with Crippen LogP contribution in [0.5, 0.6) is 0 Å². The molecule has 1 aromatic heterocycles. The number of aliphatic hydroxyl groups excluding tert-OH is 1. The van der Waals surface area contributed by atoms with Crippen LogP contribution in [0.15, 0.2) is 36.9 Å². The lowest BCUT2D eigenvalue weighted by atomic mass is 9.70. The summed E-state index contributed by atoms with van der Waals surface area (Å²) in [7, 11) is 0. The number of hydrogen-bond donors (Lipinski definition) is 2. The van der Waals surface area contributed by atoms with E-state index in [1.54, 1.807) is 15.7 Å². The minimum atomic E-state index is -1.18. The van der Waals surface area contributed by atoms with E-state index >= 15 is 0 Å². The number of fused-ring (bicyclic) bond motifs is 2. The van der Waals surface area contributed by atoms with Gasteiger partial charge in [0.15, 0.2) is 0 Å². The highest BCUT2D eigenvalue weighted by molar-refractivity contribution is 5.98. The highest BCUT2D eigenvalue weighted by Crippen LogP contribution is 2.58. The molecule has 4 heterocycles. The Bertz CT molecular complexity index is 1170. The predicted molar refractivity (Wildman–Crippen MR) is 123 cm³/mol. The SMILES string of the molecule is C=CCN(Cn1nnc2ccccc21)C(=O)[C@H]1N(CCCCO)C(=O)[C@@H]2[C@@H](C(=O)O)[C@H]3CC[C@]21O3. The number of likely N-dealkylation sites (tertiary alicyclic amines) is 1. The van der Waals surface area contributed by atoms with Crippen molar-refractivity contribution in [1.82, 2.24) is 24.8 Å². The van der Waals surface area contributed by atoms with Gasteiger partial charge in [0.1, 0.15) is 23.8 Å². The average molecular weight is 484 g/mol. The summed E-state index contributed by atoms with van der Waals surface area (Å²) in [5.74, 6) is -3.65. The van der Waals surface area contributed by atoms with Crippen LogP contribution >= 0.6 is 0 Å². The van der Waals surface area contributed by atoms with Crippen molar-refractivity contribution in [3.05, 3.63) is 36.9 Å². The Morgan fingerprint density at radius 2 is 2.11 bits per heavy atom. The smallest absolute Gasteiger partial charge is 0.310 e. The second kappa shape index (κ2) is 9.04. The first kappa shape index (κ1) is 23.4. The third-order valence-corrected chi connectivity index (χ3v) is 7.51. The lowest BCUT2D eigenvalue weighted by molar-refractivity contribution is -0.151. The number of nitrogens with zero attached hydrogens (tertiary/aromatic N) is 5. The van der Waals surface area contributed by atoms with Crippen LogP contribution in [0.25, 0.3) is 11.0 Å². The number of para-hydroxylation sites is 1. The number of aliphatic hydroxyl groups is 1. The standard InChI is InChI=1S/C24H29N5O6/c1-2-11-27(14-29-16-8-4-3-7-15(16)25-26-29)22(32)20-24-10-9-17(35-24)18(23(33)34)19(24)21(31)28(20)12-5-6-13-30/h2-4,7-8,17-20,30H,1,5-6,9-14H2,(H,33,34)/t17-,18+,19+,20-,24+/m1/s1. The van der Waals surface area contributed by atoms with Crippen molar-refractivity contribution in [3.63, 3.8) is 0 Å². The van der Waals surface area contributed by atoms with Gasteiger partial charge in [0.25, 0.3) is 0 Å². The summed E-state index contributed by atoms with van der Waals surface area (Å²) >= 11 is 0. The zero-order chi connectivity index (χ0) is 24.7. The molecule has 1 spiro atoms. The first-order chi connectivity index (χ1) is 16.9. The van der Waals surface area contributed by atoms with E-state index in [9.17, 15) is 24.6 Å². The van der Waals surface area contributed by atoms with Crippen molar-refractivity contribution in [1.29, 1.82) is 0 Å². The maximum Gasteiger partial charge on any atom is 0.310 e. The number of carboxylic acid groups (broad SMARTS) is 1. The molecular formula is C24H29N5O6. The molecule has 0 aliphatic carbocycles. The summed E-state index contributed by atoms with van der Waals surface area (Å²) in [6.45, 7) is 4.28. The highest BCUT2D eigenvalue weighted by Gasteiger charge is 2.74. The summed E-state index contributed by atoms with van der Waals surface area (Å²) < 4.78 is 7.85. The average Bonchev–Trinajstić information content (AvgIpc) is 3.58. The Balaban J connectivity index is 1.50. The van der Waals surface area contributed by atoms with E-state index in [1.807, 2.05) is 24.3 Å². The number of ether oxygens (including phenoxy) is 1. The fourth-order valence-corrected chi connectivity index (χ4v) is 6.08. The number of hydrogen-bond acceptors (Lipinski definition) is 7. The number of amides is 2. The lowest BCUT2D eigenvalue weighted by Crippen LogP contribution is -2.56. The number of aliphatic carboxylic acids is 1. The van der Waals surface area contributed by atoms with E-state index in [0.717, 1.165) is 5.52 Å². The molecule has 3 aliphatic rings. The molecule has 0 radical (unpaired) electrons. The quantitative estimate of drug-likeness (QED) is 0.371. The van der Waals surface area contributed by atoms with Crippen LogP contribution in [0.2, 0.25) is 0 Å². The molecule has 2 amide bonds. The van der Waals surface area contributed by atoms with Crippen LogP contribution in [0.4, 0.5) is 0 Å². The number of rotatable bonds is 10. The van der Waals surface area contributed by atoms with Gasteiger partial charge in [-0.3, -0.25) is 14.4 Å². The molecule has 11 nitrogen and oxygen atoms in total. The molecule has 2 N–H and O–H groups in total. The summed E-state index contributed by atoms with van der Waals surface area (Å²) in [5, 5.41) is 27.5. The summed E-state index contributed by atoms with van der Waals surface area (Å²) in [4.78, 5) is 42.8. The van der Waals surface area contributed by atoms with Crippen molar-refractivity contribution >= 4 is 28.8 Å². The van der Waals surface area contributed by atoms with Crippen molar-refractivity contribution in [3.8, 4) is 0 Å². The monoisotopic (exact) mass is 483 g/mol. The van der Waals surface area contributed by atoms with Gasteiger partial charge in [-0.25, -0.2) is 4.68 Å². The third kappa shape index (κ3) is 3.61. The largest absolute Gasteiger partial charge is 0.481 e. The molecule has 3 aliphatic heterocycles. The summed E-state index contributed by atoms with van der Waals surface area (Å²) in [6.07, 6.45) is 2.92. The summed E-state index contributed by atoms with van der Waals surface area (Å²) in [5.41, 5.74) is 0.280. The van der Waals surface area contributed by atoms with Crippen molar-refractivity contribution in [2.45, 2.75) is 50.1 Å². The van der Waals surface area contributed by atoms with Crippen LogP contribution in [-0.2, 0) is 25.8 Å². The van der Waals surface area contributed by atoms with Gasteiger partial charge >= 0.3 is 5.97 Å². The Hall–Kier alpha value is -3.31. The topological polar surface area (TPSA) is 138 Å². The van der Waals surface area contributed by atoms with Gasteiger partial charge in [0, 0.05) is 19.7 Å². The maximum absolute atomic E-state index is 14.1. The Morgan fingerprint density at radius 3 is 2.86 bits per heavy atom. The fraction of sp³-hybridized carbons (Fsp3) is 0.542. The zero-order valence-electron chi connectivity index (χ0n) is 19.3. The van der Waals surface area contributed by atoms with Crippen LogP contribution < -0.4 is 0 Å². The molecule has 5 atom stereocenters. The van der Waals surface area contributed by atoms with Gasteiger partial charge in [0.05, 0.1) is 23.5 Å². The number of unbranched alkanes of at least 4 members (excludes halogenated alkanes) is 1. The second-order valence-corrected chi connectivity index (χ2v) is 9.42. The van der Waals surface area contributed by atoms with Crippen molar-refractivity contribution in [2.75, 3.05) is 19.7 Å². The highest BCUT2D eigenvalue weighted by atomic mass is 16.5. The Kier molecular flexibility index (Phi) is 6.06. The first-order valence-corrected chi connectivity index (χ1v) is 11.9. The van der Waals surface area contributed by atoms with Crippen LogP contribution in [0.3, 0.4) is 0 Å². The summed E-state index contributed by atoms with van der Waals surface area (Å²) in [6, 6.07) is 6.45. The van der Waals surface area contributed by atoms with Crippen LogP contribution in [0.1, 0.15) is 25.7 Å². The second-order valence-electron chi connectivity index (χ2n) is 9.42. The molecule has 3 fully saturated rings. The van der Waals surface area contributed by atoms with Gasteiger partial charge in [-0.05, 0) is 37.8 Å². The van der Waals surface area contributed by atoms with Crippen molar-refractivity contribution in [2.24, 2.45) is 11.8 Å². The normalized spacial score (nSPS) is 29.1. The maximum atomic E-state index is 14.1. The number of carbonyl (C=O) groups excluding carboxylic acids is 2. The molecule has 1 aromatic carbocycles. The van der Waals surface area contributed by atoms with E-state index in [4.69, 9.17) is 4.74 Å². The van der Waals surface area contributed by atoms with Gasteiger partial charge in [-0.2, -0.15) is 0 Å². The number of benzene rings is 1. The minimum absolute atomic E-state index is 0.0342. The molecule has 186 valence electrons. The predicted octanol–water partition coefficient (Wildman–Crippen LogP) is 0.635. The third-order valence-electron chi connectivity index (χ3n) is 7.51. The molecule has 2 bridgehead atoms. The molecule has 3 saturated heterocycles. The fourth-order valence-electron chi connectivity index (χ4n) is 6.08. The lowest BCUT2D eigenvalue weighted by Gasteiger charge is -2.36. The number of carbonyl (C=O) groups is 3. The van der Waals surface area contributed by atoms with Crippen LogP contribution in [0, 0.1) is 11.8 Å². The molecular weight excluding hydrogens is 454 g/mol. The van der Waals surface area contributed by atoms with Crippen molar-refractivity contribution < 1.29 is 29.3 Å². The minimum Gasteiger partial charge on any atom is -0.481 e. The molecule has 0 saturated carbocycles. The van der Waals surface area contributed by atoms with Gasteiger partial charge in [-0.15, -0.1) is 11.7 Å². The van der Waals surface area contributed by atoms with E-state index in [2.05, 4.69) is 16.9 Å². The van der Waals surface area contributed by atoms with E-state index in [-0.39, 0.29) is 38.2 Å². The molecule has 0 unspecified atom stereocenters. The Morgan fingerprint density at radius 1 is 1.31 bits per heavy atom. The van der Waals surface area contributed by atoms with E-state index in [1.165, 1.54) is 4.90 Å². The first-order valence-electron chi connectivity index (χ1n) is 11.9. The van der Waals surface area contributed by atoms with E-state index in [0.29, 0.717) is 31.2 Å². The van der Waals surface area contributed by atoms with Crippen LogP contribution in [-0.4, -0.2) is 90.2 Å². The molecule has 11 heteroatoms. The van der Waals surface area contributed by atoms with Gasteiger partial charge in [-0.1, -0.05) is 23.4 Å². The number of aromatic nitrogens is 3. The number of carboxylic acids is 1. The molecule has 5 rings (SSSR count). The van der Waals surface area contributed by atoms with E-state index < -0.39 is 35.6 Å². The molecule has 2 aromatic rings. The molecule has 35 heavy (non-hydrogen) atoms. The van der Waals surface area contributed by atoms with Gasteiger partial charge < -0.3 is 24.7 Å². The van der Waals surface area contributed by atoms with Gasteiger partial charge in [0.2, 0.25) is 11.8 Å². The zero-order valence-corrected chi connectivity index (χ0v) is 19.3.